The van der Waals surface area contributed by atoms with Gasteiger partial charge in [0.05, 0.1) is 38.3 Å². The molecule has 0 N–H and O–H groups in total. The van der Waals surface area contributed by atoms with Gasteiger partial charge in [-0.2, -0.15) is 0 Å². The third kappa shape index (κ3) is 4.13. The maximum Gasteiger partial charge on any atom is 0.218 e. The van der Waals surface area contributed by atoms with Crippen molar-refractivity contribution in [1.82, 2.24) is 0 Å². The number of ether oxygens (including phenoxy) is 5. The summed E-state index contributed by atoms with van der Waals surface area (Å²) in [6.45, 7) is 0. The van der Waals surface area contributed by atoms with Crippen molar-refractivity contribution in [3.8, 4) is 34.5 Å². The first kappa shape index (κ1) is 19.3. The van der Waals surface area contributed by atoms with Crippen LogP contribution in [0.5, 0.6) is 34.5 Å². The first-order valence-electron chi connectivity index (χ1n) is 7.21. The van der Waals surface area contributed by atoms with Gasteiger partial charge in [0.2, 0.25) is 17.2 Å². The van der Waals surface area contributed by atoms with Gasteiger partial charge in [0.25, 0.3) is 0 Å². The quantitative estimate of drug-likeness (QED) is 0.640. The van der Waals surface area contributed by atoms with E-state index in [1.165, 1.54) is 28.4 Å². The van der Waals surface area contributed by atoms with E-state index in [9.17, 15) is 4.21 Å². The van der Waals surface area contributed by atoms with Crippen LogP contribution in [-0.4, -0.2) is 38.9 Å². The lowest BCUT2D eigenvalue weighted by Gasteiger charge is -2.22. The molecule has 8 heteroatoms. The fourth-order valence-corrected chi connectivity index (χ4v) is 4.15. The van der Waals surface area contributed by atoms with E-state index in [0.29, 0.717) is 39.4 Å². The molecule has 0 amide bonds. The smallest absolute Gasteiger partial charge is 0.218 e. The molecule has 0 saturated heterocycles. The zero-order chi connectivity index (χ0) is 18.4. The zero-order valence-electron chi connectivity index (χ0n) is 14.7. The molecule has 0 aliphatic carbocycles. The minimum Gasteiger partial charge on any atom is -0.491 e. The molecular weight excluding hydrogens is 364 g/mol. The van der Waals surface area contributed by atoms with Crippen molar-refractivity contribution in [2.75, 3.05) is 34.7 Å². The summed E-state index contributed by atoms with van der Waals surface area (Å²) in [6, 6.07) is 9.21. The molecule has 1 unspecified atom stereocenters. The molecule has 0 heterocycles. The third-order valence-electron chi connectivity index (χ3n) is 3.22. The summed E-state index contributed by atoms with van der Waals surface area (Å²) in [6.07, 6.45) is 1.57. The van der Waals surface area contributed by atoms with Crippen LogP contribution in [0.25, 0.3) is 0 Å². The number of hydrogen-bond donors (Lipinski definition) is 0. The second-order valence-electron chi connectivity index (χ2n) is 4.69. The van der Waals surface area contributed by atoms with E-state index >= 15 is 0 Å². The van der Waals surface area contributed by atoms with E-state index in [-0.39, 0.29) is 0 Å². The van der Waals surface area contributed by atoms with Gasteiger partial charge in [0.15, 0.2) is 11.5 Å². The van der Waals surface area contributed by atoms with Gasteiger partial charge in [0, 0.05) is 6.26 Å². The molecule has 0 aliphatic heterocycles. The predicted octanol–water partition coefficient (Wildman–Crippen LogP) is 3.90. The molecule has 0 saturated carbocycles. The summed E-state index contributed by atoms with van der Waals surface area (Å²) >= 11 is 0. The van der Waals surface area contributed by atoms with Crippen LogP contribution in [0, 0.1) is 0 Å². The molecule has 2 rings (SSSR count). The molecule has 6 nitrogen and oxygen atoms in total. The van der Waals surface area contributed by atoms with Crippen LogP contribution in [0.4, 0.5) is 0 Å². The van der Waals surface area contributed by atoms with Crippen molar-refractivity contribution in [3.05, 3.63) is 30.3 Å². The summed E-state index contributed by atoms with van der Waals surface area (Å²) in [4.78, 5) is 0.514. The Morgan fingerprint density at radius 2 is 1.24 bits per heavy atom. The fourth-order valence-electron chi connectivity index (χ4n) is 2.25. The number of rotatable bonds is 8. The highest BCUT2D eigenvalue weighted by Gasteiger charge is 2.30. The Kier molecular flexibility index (Phi) is 6.83. The number of benzene rings is 2. The molecule has 0 fully saturated rings. The summed E-state index contributed by atoms with van der Waals surface area (Å²) in [5.74, 6) is 2.31. The van der Waals surface area contributed by atoms with Gasteiger partial charge in [-0.1, -0.05) is 18.2 Å². The van der Waals surface area contributed by atoms with Gasteiger partial charge in [-0.25, -0.2) is 4.21 Å². The Balaban J connectivity index is 2.74. The van der Waals surface area contributed by atoms with Crippen LogP contribution >= 0.6 is 10.8 Å². The van der Waals surface area contributed by atoms with Crippen molar-refractivity contribution >= 4 is 20.6 Å². The molecule has 136 valence electrons. The first-order chi connectivity index (χ1) is 12.1. The molecule has 0 aliphatic rings. The third-order valence-corrected chi connectivity index (χ3v) is 5.19. The number of methoxy groups -OCH3 is 4. The van der Waals surface area contributed by atoms with Gasteiger partial charge in [-0.05, 0) is 22.9 Å². The minimum atomic E-state index is -1.20. The first-order valence-corrected chi connectivity index (χ1v) is 10.1. The van der Waals surface area contributed by atoms with Gasteiger partial charge in [-0.3, -0.25) is 0 Å². The van der Waals surface area contributed by atoms with Gasteiger partial charge < -0.3 is 23.7 Å². The van der Waals surface area contributed by atoms with Crippen molar-refractivity contribution in [2.24, 2.45) is 0 Å². The van der Waals surface area contributed by atoms with Crippen LogP contribution in [0.15, 0.2) is 35.2 Å². The average Bonchev–Trinajstić information content (AvgIpc) is 2.62. The summed E-state index contributed by atoms with van der Waals surface area (Å²) in [5.41, 5.74) is 0. The van der Waals surface area contributed by atoms with Gasteiger partial charge in [0.1, 0.15) is 10.6 Å². The maximum absolute atomic E-state index is 11.8. The molecular formula is C17H20O6S2. The van der Waals surface area contributed by atoms with Crippen LogP contribution in [0.3, 0.4) is 0 Å². The average molecular weight is 384 g/mol. The molecule has 0 spiro atoms. The van der Waals surface area contributed by atoms with Gasteiger partial charge in [-0.15, -0.1) is 0 Å². The Labute approximate surface area is 153 Å². The topological polar surface area (TPSA) is 63.2 Å². The molecule has 0 aromatic heterocycles. The SMILES string of the molecule is COc1c(Oc2ccccc2)c(OC)c(OC)c(SS(C)=O)c1OC. The van der Waals surface area contributed by atoms with Crippen LogP contribution in [0.2, 0.25) is 0 Å². The summed E-state index contributed by atoms with van der Waals surface area (Å²) in [5, 5.41) is 0. The van der Waals surface area contributed by atoms with E-state index in [1.54, 1.807) is 6.26 Å². The normalized spacial score (nSPS) is 11.6. The van der Waals surface area contributed by atoms with E-state index in [2.05, 4.69) is 0 Å². The summed E-state index contributed by atoms with van der Waals surface area (Å²) in [7, 11) is 5.88. The molecule has 2 aromatic carbocycles. The Hall–Kier alpha value is -2.06. The zero-order valence-corrected chi connectivity index (χ0v) is 16.3. The van der Waals surface area contributed by atoms with Crippen molar-refractivity contribution in [3.63, 3.8) is 0 Å². The van der Waals surface area contributed by atoms with Crippen LogP contribution in [-0.2, 0) is 9.83 Å². The largest absolute Gasteiger partial charge is 0.491 e. The standard InChI is InChI=1S/C17H20O6S2/c1-19-12-14(23-11-9-7-6-8-10-11)13(20-2)16(22-4)17(15(12)21-3)24-25(5)18/h6-10H,1-5H3. The van der Waals surface area contributed by atoms with Crippen LogP contribution < -0.4 is 23.7 Å². The Morgan fingerprint density at radius 1 is 0.760 bits per heavy atom. The lowest BCUT2D eigenvalue weighted by atomic mass is 10.2. The molecule has 25 heavy (non-hydrogen) atoms. The van der Waals surface area contributed by atoms with Crippen molar-refractivity contribution in [2.45, 2.75) is 4.90 Å². The van der Waals surface area contributed by atoms with E-state index < -0.39 is 9.83 Å². The van der Waals surface area contributed by atoms with Crippen molar-refractivity contribution in [1.29, 1.82) is 0 Å². The highest BCUT2D eigenvalue weighted by Crippen LogP contribution is 2.57. The highest BCUT2D eigenvalue weighted by molar-refractivity contribution is 8.69. The monoisotopic (exact) mass is 384 g/mol. The molecule has 0 bridgehead atoms. The molecule has 2 aromatic rings. The lowest BCUT2D eigenvalue weighted by Crippen LogP contribution is -2.03. The van der Waals surface area contributed by atoms with E-state index in [1.807, 2.05) is 30.3 Å². The van der Waals surface area contributed by atoms with Crippen LogP contribution in [0.1, 0.15) is 0 Å². The van der Waals surface area contributed by atoms with E-state index in [4.69, 9.17) is 23.7 Å². The molecule has 0 radical (unpaired) electrons. The number of para-hydroxylation sites is 1. The minimum absolute atomic E-state index is 0.316. The van der Waals surface area contributed by atoms with Gasteiger partial charge >= 0.3 is 0 Å². The lowest BCUT2D eigenvalue weighted by molar-refractivity contribution is 0.293. The highest BCUT2D eigenvalue weighted by atomic mass is 33.1. The Bertz CT molecular complexity index is 716. The van der Waals surface area contributed by atoms with Crippen molar-refractivity contribution < 1.29 is 27.9 Å². The maximum atomic E-state index is 11.8. The second-order valence-corrected chi connectivity index (χ2v) is 7.98. The fraction of sp³-hybridized carbons (Fsp3) is 0.294. The Morgan fingerprint density at radius 3 is 1.64 bits per heavy atom. The molecule has 1 atom stereocenters. The van der Waals surface area contributed by atoms with E-state index in [0.717, 1.165) is 10.8 Å². The second kappa shape index (κ2) is 8.87. The number of hydrogen-bond acceptors (Lipinski definition) is 7. The summed E-state index contributed by atoms with van der Waals surface area (Å²) < 4.78 is 39.7. The predicted molar refractivity (Wildman–Crippen MR) is 99.1 cm³/mol.